The van der Waals surface area contributed by atoms with Crippen molar-refractivity contribution < 1.29 is 8.78 Å². The highest BCUT2D eigenvalue weighted by Gasteiger charge is 2.15. The number of nitrogens with zero attached hydrogens (tertiary/aromatic N) is 1. The summed E-state index contributed by atoms with van der Waals surface area (Å²) in [4.78, 5) is 3.84. The van der Waals surface area contributed by atoms with Crippen molar-refractivity contribution in [2.45, 2.75) is 19.9 Å². The average molecular weight is 207 g/mol. The van der Waals surface area contributed by atoms with Gasteiger partial charge in [0.2, 0.25) is 0 Å². The predicted molar refractivity (Wildman–Crippen MR) is 46.8 cm³/mol. The van der Waals surface area contributed by atoms with E-state index < -0.39 is 6.43 Å². The van der Waals surface area contributed by atoms with Crippen molar-refractivity contribution in [1.29, 1.82) is 0 Å². The molecule has 0 aliphatic rings. The van der Waals surface area contributed by atoms with Gasteiger partial charge in [-0.25, -0.2) is 13.8 Å². The van der Waals surface area contributed by atoms with Crippen LogP contribution in [0.1, 0.15) is 23.2 Å². The third-order valence-electron chi connectivity index (χ3n) is 1.77. The highest BCUT2D eigenvalue weighted by atomic mass is 35.5. The molecule has 1 aromatic rings. The predicted octanol–water partition coefficient (Wildman–Crippen LogP) is 2.44. The summed E-state index contributed by atoms with van der Waals surface area (Å²) in [5.41, 5.74) is 6.04. The summed E-state index contributed by atoms with van der Waals surface area (Å²) >= 11 is 5.54. The number of aromatic nitrogens is 1. The third-order valence-corrected chi connectivity index (χ3v) is 1.97. The summed E-state index contributed by atoms with van der Waals surface area (Å²) in [5, 5.41) is 0.0741. The molecule has 5 heteroatoms. The molecular formula is C8H9ClF2N2. The fourth-order valence-electron chi connectivity index (χ4n) is 1.14. The number of hydrogen-bond acceptors (Lipinski definition) is 2. The van der Waals surface area contributed by atoms with Crippen LogP contribution >= 0.6 is 11.6 Å². The number of nitrogens with two attached hydrogens (primary N) is 1. The molecule has 1 rings (SSSR count). The number of rotatable bonds is 2. The van der Waals surface area contributed by atoms with E-state index in [2.05, 4.69) is 4.98 Å². The van der Waals surface area contributed by atoms with Gasteiger partial charge in [0.15, 0.2) is 0 Å². The minimum Gasteiger partial charge on any atom is -0.326 e. The second kappa shape index (κ2) is 3.98. The van der Waals surface area contributed by atoms with Gasteiger partial charge >= 0.3 is 0 Å². The molecule has 0 radical (unpaired) electrons. The topological polar surface area (TPSA) is 38.9 Å². The minimum absolute atomic E-state index is 0.0513. The van der Waals surface area contributed by atoms with Gasteiger partial charge in [0.1, 0.15) is 5.15 Å². The van der Waals surface area contributed by atoms with Gasteiger partial charge in [-0.15, -0.1) is 0 Å². The zero-order valence-corrected chi connectivity index (χ0v) is 7.78. The van der Waals surface area contributed by atoms with Crippen LogP contribution in [-0.2, 0) is 6.54 Å². The lowest BCUT2D eigenvalue weighted by Crippen LogP contribution is -2.06. The minimum atomic E-state index is -2.56. The summed E-state index contributed by atoms with van der Waals surface area (Å²) < 4.78 is 24.9. The Morgan fingerprint density at radius 1 is 1.62 bits per heavy atom. The van der Waals surface area contributed by atoms with Gasteiger partial charge in [0.25, 0.3) is 6.43 Å². The average Bonchev–Trinajstić information content (AvgIpc) is 2.02. The van der Waals surface area contributed by atoms with Gasteiger partial charge < -0.3 is 5.73 Å². The van der Waals surface area contributed by atoms with E-state index in [9.17, 15) is 8.78 Å². The Bertz CT molecular complexity index is 315. The molecule has 1 heterocycles. The van der Waals surface area contributed by atoms with Crippen LogP contribution in [-0.4, -0.2) is 4.98 Å². The summed E-state index contributed by atoms with van der Waals surface area (Å²) in [7, 11) is 0. The van der Waals surface area contributed by atoms with Crippen molar-refractivity contribution in [3.05, 3.63) is 28.0 Å². The van der Waals surface area contributed by atoms with Crippen LogP contribution in [0.2, 0.25) is 5.15 Å². The summed E-state index contributed by atoms with van der Waals surface area (Å²) in [6.45, 7) is 1.66. The first kappa shape index (κ1) is 10.3. The van der Waals surface area contributed by atoms with Crippen LogP contribution in [0.3, 0.4) is 0 Å². The zero-order valence-electron chi connectivity index (χ0n) is 7.02. The molecular weight excluding hydrogens is 198 g/mol. The van der Waals surface area contributed by atoms with Gasteiger partial charge in [0.05, 0.1) is 0 Å². The molecule has 0 saturated heterocycles. The van der Waals surface area contributed by atoms with Crippen LogP contribution < -0.4 is 5.73 Å². The Hall–Kier alpha value is -0.740. The maximum Gasteiger partial charge on any atom is 0.264 e. The lowest BCUT2D eigenvalue weighted by molar-refractivity contribution is 0.150. The highest BCUT2D eigenvalue weighted by Crippen LogP contribution is 2.26. The summed E-state index contributed by atoms with van der Waals surface area (Å²) in [5.74, 6) is 0. The van der Waals surface area contributed by atoms with E-state index in [1.165, 1.54) is 0 Å². The first-order valence-corrected chi connectivity index (χ1v) is 4.08. The molecule has 0 saturated carbocycles. The van der Waals surface area contributed by atoms with Gasteiger partial charge in [-0.3, -0.25) is 0 Å². The standard InChI is InChI=1S/C8H9ClF2N2/c1-4-6(3-12)5(8(10)11)2-7(9)13-4/h2,8H,3,12H2,1H3. The van der Waals surface area contributed by atoms with E-state index in [4.69, 9.17) is 17.3 Å². The monoisotopic (exact) mass is 206 g/mol. The number of aryl methyl sites for hydroxylation is 1. The molecule has 0 atom stereocenters. The number of alkyl halides is 2. The molecule has 0 aromatic carbocycles. The molecule has 0 spiro atoms. The molecule has 0 aliphatic heterocycles. The normalized spacial score (nSPS) is 10.9. The van der Waals surface area contributed by atoms with Gasteiger partial charge in [0, 0.05) is 17.8 Å². The van der Waals surface area contributed by atoms with Crippen molar-refractivity contribution in [3.63, 3.8) is 0 Å². The van der Waals surface area contributed by atoms with Crippen molar-refractivity contribution in [1.82, 2.24) is 4.98 Å². The van der Waals surface area contributed by atoms with Crippen molar-refractivity contribution >= 4 is 11.6 Å². The van der Waals surface area contributed by atoms with Crippen molar-refractivity contribution in [2.75, 3.05) is 0 Å². The number of hydrogen-bond donors (Lipinski definition) is 1. The zero-order chi connectivity index (χ0) is 10.0. The molecule has 72 valence electrons. The summed E-state index contributed by atoms with van der Waals surface area (Å²) in [6, 6.07) is 1.15. The molecule has 2 N–H and O–H groups in total. The number of pyridine rings is 1. The van der Waals surface area contributed by atoms with E-state index in [0.717, 1.165) is 6.07 Å². The summed E-state index contributed by atoms with van der Waals surface area (Å²) in [6.07, 6.45) is -2.56. The lowest BCUT2D eigenvalue weighted by Gasteiger charge is -2.09. The first-order chi connectivity index (χ1) is 6.06. The lowest BCUT2D eigenvalue weighted by atomic mass is 10.1. The fourth-order valence-corrected chi connectivity index (χ4v) is 1.39. The third kappa shape index (κ3) is 2.14. The van der Waals surface area contributed by atoms with Gasteiger partial charge in [-0.05, 0) is 18.6 Å². The highest BCUT2D eigenvalue weighted by molar-refractivity contribution is 6.29. The number of halogens is 3. The van der Waals surface area contributed by atoms with Crippen LogP contribution in [0.15, 0.2) is 6.07 Å². The van der Waals surface area contributed by atoms with Crippen LogP contribution in [0.25, 0.3) is 0 Å². The molecule has 0 unspecified atom stereocenters. The molecule has 13 heavy (non-hydrogen) atoms. The van der Waals surface area contributed by atoms with E-state index in [1.807, 2.05) is 0 Å². The molecule has 2 nitrogen and oxygen atoms in total. The Morgan fingerprint density at radius 2 is 2.23 bits per heavy atom. The molecule has 0 fully saturated rings. The van der Waals surface area contributed by atoms with Crippen molar-refractivity contribution in [3.8, 4) is 0 Å². The van der Waals surface area contributed by atoms with Gasteiger partial charge in [-0.2, -0.15) is 0 Å². The van der Waals surface area contributed by atoms with Crippen LogP contribution in [0, 0.1) is 6.92 Å². The van der Waals surface area contributed by atoms with Gasteiger partial charge in [-0.1, -0.05) is 11.6 Å². The maximum atomic E-state index is 12.4. The Balaban J connectivity index is 3.29. The molecule has 0 aliphatic carbocycles. The van der Waals surface area contributed by atoms with Crippen LogP contribution in [0.5, 0.6) is 0 Å². The first-order valence-electron chi connectivity index (χ1n) is 3.70. The quantitative estimate of drug-likeness (QED) is 0.755. The largest absolute Gasteiger partial charge is 0.326 e. The Kier molecular flexibility index (Phi) is 3.17. The second-order valence-electron chi connectivity index (χ2n) is 2.60. The van der Waals surface area contributed by atoms with E-state index >= 15 is 0 Å². The molecule has 0 bridgehead atoms. The second-order valence-corrected chi connectivity index (χ2v) is 2.99. The van der Waals surface area contributed by atoms with Crippen LogP contribution in [0.4, 0.5) is 8.78 Å². The van der Waals surface area contributed by atoms with E-state index in [1.54, 1.807) is 6.92 Å². The van der Waals surface area contributed by atoms with E-state index in [-0.39, 0.29) is 17.3 Å². The Labute approximate surface area is 79.7 Å². The fraction of sp³-hybridized carbons (Fsp3) is 0.375. The Morgan fingerprint density at radius 3 is 2.69 bits per heavy atom. The maximum absolute atomic E-state index is 12.4. The smallest absolute Gasteiger partial charge is 0.264 e. The van der Waals surface area contributed by atoms with Crippen molar-refractivity contribution in [2.24, 2.45) is 5.73 Å². The van der Waals surface area contributed by atoms with E-state index in [0.29, 0.717) is 11.3 Å². The molecule has 0 amide bonds. The SMILES string of the molecule is Cc1nc(Cl)cc(C(F)F)c1CN. The molecule has 1 aromatic heterocycles.